The van der Waals surface area contributed by atoms with Crippen molar-refractivity contribution in [3.8, 4) is 0 Å². The molecule has 26 heavy (non-hydrogen) atoms. The molecular formula is C17H15ClF2N2O3S. The number of amides is 1. The highest BCUT2D eigenvalue weighted by Gasteiger charge is 2.28. The molecule has 0 unspecified atom stereocenters. The fraction of sp³-hybridized carbons (Fsp3) is 0.235. The van der Waals surface area contributed by atoms with Crippen LogP contribution in [0.2, 0.25) is 5.02 Å². The van der Waals surface area contributed by atoms with E-state index in [1.165, 1.54) is 28.6 Å². The zero-order valence-corrected chi connectivity index (χ0v) is 15.1. The molecule has 0 atom stereocenters. The zero-order chi connectivity index (χ0) is 18.9. The van der Waals surface area contributed by atoms with Crippen LogP contribution >= 0.6 is 11.6 Å². The average Bonchev–Trinajstić information content (AvgIpc) is 2.58. The third kappa shape index (κ3) is 3.81. The molecule has 138 valence electrons. The first-order valence-corrected chi connectivity index (χ1v) is 9.83. The number of benzene rings is 2. The average molecular weight is 401 g/mol. The minimum absolute atomic E-state index is 0.0224. The summed E-state index contributed by atoms with van der Waals surface area (Å²) in [5, 5.41) is 2.65. The van der Waals surface area contributed by atoms with E-state index in [2.05, 4.69) is 5.32 Å². The monoisotopic (exact) mass is 400 g/mol. The van der Waals surface area contributed by atoms with Gasteiger partial charge in [-0.25, -0.2) is 17.2 Å². The van der Waals surface area contributed by atoms with Crippen molar-refractivity contribution in [2.75, 3.05) is 21.9 Å². The smallest absolute Gasteiger partial charge is 0.255 e. The van der Waals surface area contributed by atoms with Gasteiger partial charge >= 0.3 is 0 Å². The van der Waals surface area contributed by atoms with Gasteiger partial charge in [0, 0.05) is 23.9 Å². The molecule has 9 heteroatoms. The van der Waals surface area contributed by atoms with E-state index in [1.54, 1.807) is 0 Å². The van der Waals surface area contributed by atoms with Crippen LogP contribution in [0.25, 0.3) is 0 Å². The zero-order valence-electron chi connectivity index (χ0n) is 13.5. The van der Waals surface area contributed by atoms with Crippen LogP contribution in [0.4, 0.5) is 20.2 Å². The summed E-state index contributed by atoms with van der Waals surface area (Å²) in [7, 11) is -3.48. The second kappa shape index (κ2) is 7.20. The fourth-order valence-corrected chi connectivity index (χ4v) is 4.60. The van der Waals surface area contributed by atoms with E-state index in [0.29, 0.717) is 12.8 Å². The standard InChI is InChI=1S/C17H15ClF2N2O3S/c18-13-5-3-11(9-16(13)22-7-1-2-8-26(22,24)25)17(23)21-12-4-6-14(19)15(20)10-12/h3-6,9-10H,1-2,7-8H2,(H,21,23). The number of carbonyl (C=O) groups excluding carboxylic acids is 1. The van der Waals surface area contributed by atoms with E-state index in [-0.39, 0.29) is 34.3 Å². The van der Waals surface area contributed by atoms with Gasteiger partial charge in [-0.1, -0.05) is 11.6 Å². The van der Waals surface area contributed by atoms with Crippen LogP contribution in [-0.4, -0.2) is 26.6 Å². The van der Waals surface area contributed by atoms with Crippen LogP contribution in [0.1, 0.15) is 23.2 Å². The Kier molecular flexibility index (Phi) is 5.15. The van der Waals surface area contributed by atoms with Crippen molar-refractivity contribution in [1.82, 2.24) is 0 Å². The molecule has 3 rings (SSSR count). The lowest BCUT2D eigenvalue weighted by atomic mass is 10.1. The summed E-state index contributed by atoms with van der Waals surface area (Å²) in [6, 6.07) is 7.22. The maximum absolute atomic E-state index is 13.3. The van der Waals surface area contributed by atoms with Crippen molar-refractivity contribution < 1.29 is 22.0 Å². The van der Waals surface area contributed by atoms with E-state index in [4.69, 9.17) is 11.6 Å². The Morgan fingerprint density at radius 1 is 1.08 bits per heavy atom. The van der Waals surface area contributed by atoms with Gasteiger partial charge < -0.3 is 5.32 Å². The van der Waals surface area contributed by atoms with Crippen molar-refractivity contribution in [3.63, 3.8) is 0 Å². The minimum atomic E-state index is -3.48. The topological polar surface area (TPSA) is 66.5 Å². The van der Waals surface area contributed by atoms with Gasteiger partial charge in [0.25, 0.3) is 5.91 Å². The van der Waals surface area contributed by atoms with Crippen LogP contribution in [0.15, 0.2) is 36.4 Å². The van der Waals surface area contributed by atoms with Gasteiger partial charge in [0.05, 0.1) is 16.5 Å². The Balaban J connectivity index is 1.89. The summed E-state index contributed by atoms with van der Waals surface area (Å²) in [6.45, 7) is 0.288. The number of carbonyl (C=O) groups is 1. The van der Waals surface area contributed by atoms with Crippen molar-refractivity contribution in [1.29, 1.82) is 0 Å². The van der Waals surface area contributed by atoms with Crippen molar-refractivity contribution >= 4 is 38.9 Å². The van der Waals surface area contributed by atoms with Crippen LogP contribution < -0.4 is 9.62 Å². The lowest BCUT2D eigenvalue weighted by Crippen LogP contribution is -2.38. The Hall–Kier alpha value is -2.19. The van der Waals surface area contributed by atoms with Crippen molar-refractivity contribution in [3.05, 3.63) is 58.6 Å². The first-order valence-electron chi connectivity index (χ1n) is 7.84. The molecule has 0 aromatic heterocycles. The Bertz CT molecular complexity index is 966. The minimum Gasteiger partial charge on any atom is -0.322 e. The first kappa shape index (κ1) is 18.6. The van der Waals surface area contributed by atoms with E-state index in [0.717, 1.165) is 12.1 Å². The van der Waals surface area contributed by atoms with Crippen molar-refractivity contribution in [2.24, 2.45) is 0 Å². The molecule has 2 aromatic rings. The molecule has 1 fully saturated rings. The summed E-state index contributed by atoms with van der Waals surface area (Å²) in [5.74, 6) is -2.68. The summed E-state index contributed by atoms with van der Waals surface area (Å²) in [4.78, 5) is 12.4. The van der Waals surface area contributed by atoms with Gasteiger partial charge in [0.15, 0.2) is 11.6 Å². The molecule has 1 amide bonds. The molecule has 1 saturated heterocycles. The molecule has 0 aliphatic carbocycles. The number of rotatable bonds is 3. The fourth-order valence-electron chi connectivity index (χ4n) is 2.68. The third-order valence-electron chi connectivity index (χ3n) is 4.00. The third-order valence-corrected chi connectivity index (χ3v) is 6.18. The number of hydrogen-bond donors (Lipinski definition) is 1. The van der Waals surface area contributed by atoms with Gasteiger partial charge in [-0.2, -0.15) is 0 Å². The predicted molar refractivity (Wildman–Crippen MR) is 96.1 cm³/mol. The van der Waals surface area contributed by atoms with Gasteiger partial charge in [-0.05, 0) is 43.2 Å². The Morgan fingerprint density at radius 3 is 2.54 bits per heavy atom. The number of nitrogens with one attached hydrogen (secondary N) is 1. The number of hydrogen-bond acceptors (Lipinski definition) is 3. The van der Waals surface area contributed by atoms with Crippen molar-refractivity contribution in [2.45, 2.75) is 12.8 Å². The van der Waals surface area contributed by atoms with Crippen LogP contribution in [0, 0.1) is 11.6 Å². The Morgan fingerprint density at radius 2 is 1.85 bits per heavy atom. The highest BCUT2D eigenvalue weighted by molar-refractivity contribution is 7.92. The van der Waals surface area contributed by atoms with Gasteiger partial charge in [-0.3, -0.25) is 9.10 Å². The van der Waals surface area contributed by atoms with E-state index >= 15 is 0 Å². The first-order chi connectivity index (χ1) is 12.3. The number of nitrogens with zero attached hydrogens (tertiary/aromatic N) is 1. The number of halogens is 3. The SMILES string of the molecule is O=C(Nc1ccc(F)c(F)c1)c1ccc(Cl)c(N2CCCCS2(=O)=O)c1. The number of anilines is 2. The summed E-state index contributed by atoms with van der Waals surface area (Å²) >= 11 is 6.13. The van der Waals surface area contributed by atoms with Gasteiger partial charge in [0.1, 0.15) is 0 Å². The molecule has 1 heterocycles. The van der Waals surface area contributed by atoms with E-state index in [1.807, 2.05) is 0 Å². The highest BCUT2D eigenvalue weighted by Crippen LogP contribution is 2.32. The molecule has 2 aromatic carbocycles. The molecule has 1 aliphatic heterocycles. The quantitative estimate of drug-likeness (QED) is 0.852. The second-order valence-corrected chi connectivity index (χ2v) is 8.26. The second-order valence-electron chi connectivity index (χ2n) is 5.84. The van der Waals surface area contributed by atoms with Crippen LogP contribution in [0.5, 0.6) is 0 Å². The maximum Gasteiger partial charge on any atom is 0.255 e. The lowest BCUT2D eigenvalue weighted by Gasteiger charge is -2.29. The van der Waals surface area contributed by atoms with Crippen LogP contribution in [-0.2, 0) is 10.0 Å². The summed E-state index contributed by atoms with van der Waals surface area (Å²) in [6.07, 6.45) is 1.27. The summed E-state index contributed by atoms with van der Waals surface area (Å²) < 4.78 is 52.0. The highest BCUT2D eigenvalue weighted by atomic mass is 35.5. The summed E-state index contributed by atoms with van der Waals surface area (Å²) in [5.41, 5.74) is 0.454. The molecule has 1 N–H and O–H groups in total. The maximum atomic E-state index is 13.3. The molecule has 5 nitrogen and oxygen atoms in total. The molecule has 0 saturated carbocycles. The van der Waals surface area contributed by atoms with E-state index < -0.39 is 27.6 Å². The largest absolute Gasteiger partial charge is 0.322 e. The molecule has 0 bridgehead atoms. The Labute approximate surface area is 154 Å². The van der Waals surface area contributed by atoms with Crippen LogP contribution in [0.3, 0.4) is 0 Å². The van der Waals surface area contributed by atoms with Gasteiger partial charge in [-0.15, -0.1) is 0 Å². The molecular weight excluding hydrogens is 386 g/mol. The molecule has 0 radical (unpaired) electrons. The molecule has 1 aliphatic rings. The predicted octanol–water partition coefficient (Wildman–Crippen LogP) is 3.80. The van der Waals surface area contributed by atoms with Gasteiger partial charge in [0.2, 0.25) is 10.0 Å². The van der Waals surface area contributed by atoms with E-state index in [9.17, 15) is 22.0 Å². The molecule has 0 spiro atoms. The lowest BCUT2D eigenvalue weighted by molar-refractivity contribution is 0.102. The number of sulfonamides is 1. The normalized spacial score (nSPS) is 16.3.